The molecule has 0 spiro atoms. The van der Waals surface area contributed by atoms with Crippen LogP contribution < -0.4 is 20.5 Å². The molecule has 0 radical (unpaired) electrons. The normalized spacial score (nSPS) is 11.6. The van der Waals surface area contributed by atoms with Gasteiger partial charge in [-0.2, -0.15) is 0 Å². The first-order valence-corrected chi connectivity index (χ1v) is 8.59. The van der Waals surface area contributed by atoms with E-state index in [1.54, 1.807) is 20.3 Å². The molecule has 0 saturated heterocycles. The monoisotopic (exact) mass is 448 g/mol. The molecule has 1 atom stereocenters. The minimum absolute atomic E-state index is 0. The number of hydrogen-bond acceptors (Lipinski definition) is 5. The van der Waals surface area contributed by atoms with E-state index in [4.69, 9.17) is 15.2 Å². The van der Waals surface area contributed by atoms with Crippen molar-refractivity contribution in [3.8, 4) is 11.5 Å². The highest BCUT2D eigenvalue weighted by Gasteiger charge is 2.12. The second-order valence-corrected chi connectivity index (χ2v) is 6.41. The molecule has 5 nitrogen and oxygen atoms in total. The van der Waals surface area contributed by atoms with Crippen molar-refractivity contribution >= 4 is 34.0 Å². The number of ether oxygens (including phenoxy) is 2. The van der Waals surface area contributed by atoms with Crippen LogP contribution >= 0.6 is 28.3 Å². The van der Waals surface area contributed by atoms with Gasteiger partial charge in [-0.15, -0.1) is 12.4 Å². The maximum absolute atomic E-state index is 13.6. The first-order chi connectivity index (χ1) is 12.0. The lowest BCUT2D eigenvalue weighted by Gasteiger charge is -2.14. The first kappa shape index (κ1) is 22.5. The number of nitrogens with one attached hydrogen (secondary N) is 1. The zero-order valence-electron chi connectivity index (χ0n) is 14.6. The largest absolute Gasteiger partial charge is 0.493 e. The number of anilines is 1. The van der Waals surface area contributed by atoms with E-state index in [2.05, 4.69) is 21.2 Å². The lowest BCUT2D eigenvalue weighted by atomic mass is 10.1. The number of halogens is 3. The molecule has 0 aliphatic rings. The van der Waals surface area contributed by atoms with Crippen molar-refractivity contribution in [3.05, 3.63) is 51.7 Å². The maximum Gasteiger partial charge on any atom is 0.160 e. The molecule has 26 heavy (non-hydrogen) atoms. The summed E-state index contributed by atoms with van der Waals surface area (Å²) >= 11 is 3.18. The van der Waals surface area contributed by atoms with Gasteiger partial charge in [0.15, 0.2) is 11.5 Å². The molecule has 2 aromatic carbocycles. The summed E-state index contributed by atoms with van der Waals surface area (Å²) < 4.78 is 24.6. The Morgan fingerprint density at radius 3 is 2.50 bits per heavy atom. The van der Waals surface area contributed by atoms with Gasteiger partial charge in [-0.05, 0) is 64.3 Å². The second-order valence-electron chi connectivity index (χ2n) is 5.56. The van der Waals surface area contributed by atoms with Crippen molar-refractivity contribution in [3.63, 3.8) is 0 Å². The SMILES string of the molecule is COc1ccc(CCNCC(O)c2cc(F)c(N)c(Br)c2)cc1OC.Cl. The summed E-state index contributed by atoms with van der Waals surface area (Å²) in [5.74, 6) is 0.821. The molecule has 8 heteroatoms. The lowest BCUT2D eigenvalue weighted by molar-refractivity contribution is 0.174. The van der Waals surface area contributed by atoms with Gasteiger partial charge in [0.1, 0.15) is 5.82 Å². The molecule has 0 amide bonds. The highest BCUT2D eigenvalue weighted by atomic mass is 79.9. The van der Waals surface area contributed by atoms with E-state index in [1.165, 1.54) is 6.07 Å². The Balaban J connectivity index is 0.00000338. The highest BCUT2D eigenvalue weighted by molar-refractivity contribution is 9.10. The molecule has 0 aromatic heterocycles. The number of nitrogen functional groups attached to an aromatic ring is 1. The van der Waals surface area contributed by atoms with Crippen molar-refractivity contribution < 1.29 is 19.0 Å². The van der Waals surface area contributed by atoms with Crippen LogP contribution in [0.5, 0.6) is 11.5 Å². The van der Waals surface area contributed by atoms with Crippen molar-refractivity contribution in [2.24, 2.45) is 0 Å². The molecule has 0 fully saturated rings. The van der Waals surface area contributed by atoms with Crippen molar-refractivity contribution in [2.75, 3.05) is 33.0 Å². The number of methoxy groups -OCH3 is 2. The number of rotatable bonds is 8. The van der Waals surface area contributed by atoms with E-state index in [0.29, 0.717) is 34.6 Å². The second kappa shape index (κ2) is 10.6. The molecule has 144 valence electrons. The van der Waals surface area contributed by atoms with Crippen molar-refractivity contribution in [1.82, 2.24) is 5.32 Å². The molecule has 2 aromatic rings. The smallest absolute Gasteiger partial charge is 0.160 e. The Morgan fingerprint density at radius 1 is 1.19 bits per heavy atom. The third kappa shape index (κ3) is 5.74. The molecule has 0 saturated carbocycles. The molecule has 4 N–H and O–H groups in total. The number of aliphatic hydroxyl groups is 1. The van der Waals surface area contributed by atoms with E-state index < -0.39 is 11.9 Å². The topological polar surface area (TPSA) is 76.7 Å². The highest BCUT2D eigenvalue weighted by Crippen LogP contribution is 2.28. The summed E-state index contributed by atoms with van der Waals surface area (Å²) in [6.45, 7) is 0.967. The Bertz CT molecular complexity index is 711. The van der Waals surface area contributed by atoms with Gasteiger partial charge in [-0.25, -0.2) is 4.39 Å². The molecule has 0 aliphatic carbocycles. The van der Waals surface area contributed by atoms with Gasteiger partial charge in [0.05, 0.1) is 26.0 Å². The minimum atomic E-state index is -0.822. The van der Waals surface area contributed by atoms with E-state index in [1.807, 2.05) is 18.2 Å². The first-order valence-electron chi connectivity index (χ1n) is 7.80. The standard InChI is InChI=1S/C18H22BrFN2O3.ClH/c1-24-16-4-3-11(7-17(16)25-2)5-6-22-10-15(23)12-8-13(19)18(21)14(20)9-12;/h3-4,7-9,15,22-23H,5-6,10,21H2,1-2H3;1H. The van der Waals surface area contributed by atoms with Crippen LogP contribution in [-0.4, -0.2) is 32.4 Å². The Labute approximate surface area is 167 Å². The summed E-state index contributed by atoms with van der Waals surface area (Å²) in [7, 11) is 3.19. The average molecular weight is 450 g/mol. The molecular formula is C18H23BrClFN2O3. The number of nitrogens with two attached hydrogens (primary N) is 1. The van der Waals surface area contributed by atoms with Gasteiger partial charge in [0, 0.05) is 11.0 Å². The van der Waals surface area contributed by atoms with Crippen molar-refractivity contribution in [2.45, 2.75) is 12.5 Å². The van der Waals surface area contributed by atoms with Crippen molar-refractivity contribution in [1.29, 1.82) is 0 Å². The number of hydrogen-bond donors (Lipinski definition) is 3. The van der Waals surface area contributed by atoms with E-state index >= 15 is 0 Å². The van der Waals surface area contributed by atoms with Gasteiger partial charge in [-0.3, -0.25) is 0 Å². The summed E-state index contributed by atoms with van der Waals surface area (Å²) in [6.07, 6.45) is -0.0656. The summed E-state index contributed by atoms with van der Waals surface area (Å²) in [5.41, 5.74) is 7.14. The zero-order chi connectivity index (χ0) is 18.4. The predicted octanol–water partition coefficient (Wildman–Crippen LogP) is 3.48. The summed E-state index contributed by atoms with van der Waals surface area (Å²) in [4.78, 5) is 0. The van der Waals surface area contributed by atoms with Gasteiger partial charge < -0.3 is 25.6 Å². The van der Waals surface area contributed by atoms with Crippen LogP contribution in [0.1, 0.15) is 17.2 Å². The third-order valence-corrected chi connectivity index (χ3v) is 4.52. The summed E-state index contributed by atoms with van der Waals surface area (Å²) in [5, 5.41) is 13.3. The predicted molar refractivity (Wildman–Crippen MR) is 107 cm³/mol. The van der Waals surface area contributed by atoms with E-state index in [-0.39, 0.29) is 18.1 Å². The fraction of sp³-hybridized carbons (Fsp3) is 0.333. The van der Waals surface area contributed by atoms with Gasteiger partial charge in [0.25, 0.3) is 0 Å². The number of benzene rings is 2. The third-order valence-electron chi connectivity index (χ3n) is 3.86. The lowest BCUT2D eigenvalue weighted by Crippen LogP contribution is -2.24. The Morgan fingerprint density at radius 2 is 1.88 bits per heavy atom. The zero-order valence-corrected chi connectivity index (χ0v) is 17.0. The van der Waals surface area contributed by atoms with E-state index in [9.17, 15) is 9.50 Å². The summed E-state index contributed by atoms with van der Waals surface area (Å²) in [6, 6.07) is 8.62. The van der Waals surface area contributed by atoms with Crippen LogP contribution in [0.25, 0.3) is 0 Å². The minimum Gasteiger partial charge on any atom is -0.493 e. The molecule has 1 unspecified atom stereocenters. The van der Waals surface area contributed by atoms with Crippen LogP contribution in [0.15, 0.2) is 34.8 Å². The van der Waals surface area contributed by atoms with Crippen LogP contribution in [0, 0.1) is 5.82 Å². The van der Waals surface area contributed by atoms with Gasteiger partial charge in [-0.1, -0.05) is 6.07 Å². The molecular weight excluding hydrogens is 427 g/mol. The average Bonchev–Trinajstić information content (AvgIpc) is 2.62. The van der Waals surface area contributed by atoms with Gasteiger partial charge >= 0.3 is 0 Å². The number of aliphatic hydroxyl groups excluding tert-OH is 1. The van der Waals surface area contributed by atoms with E-state index in [0.717, 1.165) is 12.0 Å². The quantitative estimate of drug-likeness (QED) is 0.425. The van der Waals surface area contributed by atoms with Gasteiger partial charge in [0.2, 0.25) is 0 Å². The van der Waals surface area contributed by atoms with Crippen LogP contribution in [0.2, 0.25) is 0 Å². The Kier molecular flexibility index (Phi) is 9.15. The van der Waals surface area contributed by atoms with Crippen LogP contribution in [-0.2, 0) is 6.42 Å². The maximum atomic E-state index is 13.6. The van der Waals surface area contributed by atoms with Crippen LogP contribution in [0.3, 0.4) is 0 Å². The fourth-order valence-electron chi connectivity index (χ4n) is 2.42. The Hall–Kier alpha value is -1.54. The molecule has 0 heterocycles. The molecule has 0 aliphatic heterocycles. The van der Waals surface area contributed by atoms with Crippen LogP contribution in [0.4, 0.5) is 10.1 Å². The molecule has 2 rings (SSSR count). The molecule has 0 bridgehead atoms. The fourth-order valence-corrected chi connectivity index (χ4v) is 2.88.